The van der Waals surface area contributed by atoms with Gasteiger partial charge in [0.1, 0.15) is 6.10 Å². The van der Waals surface area contributed by atoms with Gasteiger partial charge in [0, 0.05) is 13.1 Å². The standard InChI is InChI=1S/C15H30N2O3/c1-2-3-4-5-8-14(13-18)20-15(19)16-9-12-17-10-6-7-11-17/h14,18H,2-13H2,1H3,(H,16,19). The highest BCUT2D eigenvalue weighted by atomic mass is 16.6. The number of amides is 1. The summed E-state index contributed by atoms with van der Waals surface area (Å²) in [6.45, 7) is 5.84. The Hall–Kier alpha value is -0.810. The van der Waals surface area contributed by atoms with Crippen LogP contribution in [0.2, 0.25) is 0 Å². The topological polar surface area (TPSA) is 61.8 Å². The number of nitrogens with one attached hydrogen (secondary N) is 1. The summed E-state index contributed by atoms with van der Waals surface area (Å²) in [6.07, 6.45) is 7.01. The van der Waals surface area contributed by atoms with Gasteiger partial charge in [0.25, 0.3) is 0 Å². The Morgan fingerprint density at radius 2 is 2.05 bits per heavy atom. The summed E-state index contributed by atoms with van der Waals surface area (Å²) in [4.78, 5) is 14.0. The predicted molar refractivity (Wildman–Crippen MR) is 79.8 cm³/mol. The lowest BCUT2D eigenvalue weighted by atomic mass is 10.1. The number of ether oxygens (including phenoxy) is 1. The third-order valence-electron chi connectivity index (χ3n) is 3.75. The van der Waals surface area contributed by atoms with Crippen LogP contribution in [-0.4, -0.2) is 55.0 Å². The van der Waals surface area contributed by atoms with E-state index in [4.69, 9.17) is 4.74 Å². The van der Waals surface area contributed by atoms with E-state index in [9.17, 15) is 9.90 Å². The van der Waals surface area contributed by atoms with Crippen LogP contribution >= 0.6 is 0 Å². The number of aliphatic hydroxyl groups is 1. The summed E-state index contributed by atoms with van der Waals surface area (Å²) in [6, 6.07) is 0. The van der Waals surface area contributed by atoms with E-state index in [1.54, 1.807) is 0 Å². The minimum Gasteiger partial charge on any atom is -0.444 e. The molecule has 1 saturated heterocycles. The molecule has 5 heteroatoms. The van der Waals surface area contributed by atoms with Gasteiger partial charge in [-0.2, -0.15) is 0 Å². The van der Waals surface area contributed by atoms with Crippen molar-refractivity contribution in [1.29, 1.82) is 0 Å². The monoisotopic (exact) mass is 286 g/mol. The molecule has 0 radical (unpaired) electrons. The summed E-state index contributed by atoms with van der Waals surface area (Å²) < 4.78 is 5.23. The molecule has 1 amide bonds. The fourth-order valence-corrected chi connectivity index (χ4v) is 2.50. The number of carbonyl (C=O) groups excluding carboxylic acids is 1. The third kappa shape index (κ3) is 7.70. The van der Waals surface area contributed by atoms with Crippen molar-refractivity contribution in [1.82, 2.24) is 10.2 Å². The van der Waals surface area contributed by atoms with E-state index < -0.39 is 6.09 Å². The molecule has 0 bridgehead atoms. The third-order valence-corrected chi connectivity index (χ3v) is 3.75. The lowest BCUT2D eigenvalue weighted by Gasteiger charge is -2.18. The molecule has 1 unspecified atom stereocenters. The van der Waals surface area contributed by atoms with Crippen molar-refractivity contribution in [2.24, 2.45) is 0 Å². The van der Waals surface area contributed by atoms with E-state index in [1.807, 2.05) is 0 Å². The Balaban J connectivity index is 2.05. The molecular weight excluding hydrogens is 256 g/mol. The number of hydrogen-bond acceptors (Lipinski definition) is 4. The molecule has 0 aromatic heterocycles. The van der Waals surface area contributed by atoms with E-state index in [1.165, 1.54) is 25.7 Å². The van der Waals surface area contributed by atoms with Gasteiger partial charge in [0.2, 0.25) is 0 Å². The van der Waals surface area contributed by atoms with Crippen LogP contribution in [-0.2, 0) is 4.74 Å². The fourth-order valence-electron chi connectivity index (χ4n) is 2.50. The Kier molecular flexibility index (Phi) is 9.41. The van der Waals surface area contributed by atoms with E-state index in [2.05, 4.69) is 17.1 Å². The van der Waals surface area contributed by atoms with Crippen LogP contribution in [0.1, 0.15) is 51.9 Å². The number of unbranched alkanes of at least 4 members (excludes halogenated alkanes) is 3. The molecule has 1 heterocycles. The predicted octanol–water partition coefficient (Wildman–Crippen LogP) is 2.14. The van der Waals surface area contributed by atoms with Crippen molar-refractivity contribution in [3.05, 3.63) is 0 Å². The minimum absolute atomic E-state index is 0.0916. The molecule has 118 valence electrons. The smallest absolute Gasteiger partial charge is 0.407 e. The van der Waals surface area contributed by atoms with Gasteiger partial charge >= 0.3 is 6.09 Å². The van der Waals surface area contributed by atoms with Crippen LogP contribution in [0.15, 0.2) is 0 Å². The van der Waals surface area contributed by atoms with Gasteiger partial charge in [-0.05, 0) is 38.8 Å². The number of aliphatic hydroxyl groups excluding tert-OH is 1. The molecule has 1 atom stereocenters. The normalized spacial score (nSPS) is 17.1. The second kappa shape index (κ2) is 10.9. The average molecular weight is 286 g/mol. The molecule has 20 heavy (non-hydrogen) atoms. The lowest BCUT2D eigenvalue weighted by Crippen LogP contribution is -2.36. The van der Waals surface area contributed by atoms with E-state index in [0.29, 0.717) is 6.54 Å². The molecule has 0 aromatic carbocycles. The molecule has 1 fully saturated rings. The number of likely N-dealkylation sites (tertiary alicyclic amines) is 1. The number of nitrogens with zero attached hydrogens (tertiary/aromatic N) is 1. The Bertz CT molecular complexity index is 256. The van der Waals surface area contributed by atoms with E-state index in [0.717, 1.165) is 38.9 Å². The molecule has 5 nitrogen and oxygen atoms in total. The Morgan fingerprint density at radius 3 is 2.70 bits per heavy atom. The maximum atomic E-state index is 11.6. The quantitative estimate of drug-likeness (QED) is 0.604. The maximum Gasteiger partial charge on any atom is 0.407 e. The summed E-state index contributed by atoms with van der Waals surface area (Å²) in [5, 5.41) is 12.0. The summed E-state index contributed by atoms with van der Waals surface area (Å²) >= 11 is 0. The van der Waals surface area contributed by atoms with Crippen LogP contribution in [0.4, 0.5) is 4.79 Å². The molecule has 1 rings (SSSR count). The second-order valence-corrected chi connectivity index (χ2v) is 5.53. The SMILES string of the molecule is CCCCCCC(CO)OC(=O)NCCN1CCCC1. The van der Waals surface area contributed by atoms with Crippen molar-refractivity contribution >= 4 is 6.09 Å². The zero-order valence-corrected chi connectivity index (χ0v) is 12.8. The van der Waals surface area contributed by atoms with Gasteiger partial charge in [-0.15, -0.1) is 0 Å². The molecule has 0 spiro atoms. The van der Waals surface area contributed by atoms with Crippen molar-refractivity contribution in [3.8, 4) is 0 Å². The molecule has 1 aliphatic rings. The number of hydrogen-bond donors (Lipinski definition) is 2. The summed E-state index contributed by atoms with van der Waals surface area (Å²) in [5.41, 5.74) is 0. The zero-order chi connectivity index (χ0) is 14.6. The second-order valence-electron chi connectivity index (χ2n) is 5.53. The zero-order valence-electron chi connectivity index (χ0n) is 12.8. The maximum absolute atomic E-state index is 11.6. The fraction of sp³-hybridized carbons (Fsp3) is 0.933. The summed E-state index contributed by atoms with van der Waals surface area (Å²) in [7, 11) is 0. The van der Waals surface area contributed by atoms with Crippen molar-refractivity contribution in [2.75, 3.05) is 32.8 Å². The first-order valence-corrected chi connectivity index (χ1v) is 8.04. The number of carbonyl (C=O) groups is 1. The van der Waals surface area contributed by atoms with Gasteiger partial charge in [0.05, 0.1) is 6.61 Å². The highest BCUT2D eigenvalue weighted by molar-refractivity contribution is 5.67. The molecule has 0 saturated carbocycles. The van der Waals surface area contributed by atoms with Crippen LogP contribution in [0.5, 0.6) is 0 Å². The van der Waals surface area contributed by atoms with Crippen LogP contribution in [0.25, 0.3) is 0 Å². The highest BCUT2D eigenvalue weighted by Gasteiger charge is 2.14. The highest BCUT2D eigenvalue weighted by Crippen LogP contribution is 2.08. The Labute approximate surface area is 122 Å². The van der Waals surface area contributed by atoms with Crippen LogP contribution in [0.3, 0.4) is 0 Å². The average Bonchev–Trinajstić information content (AvgIpc) is 2.95. The summed E-state index contributed by atoms with van der Waals surface area (Å²) in [5.74, 6) is 0. The first-order valence-electron chi connectivity index (χ1n) is 8.04. The van der Waals surface area contributed by atoms with Gasteiger partial charge in [-0.3, -0.25) is 0 Å². The molecule has 0 aromatic rings. The number of rotatable bonds is 10. The molecular formula is C15H30N2O3. The molecule has 0 aliphatic carbocycles. The van der Waals surface area contributed by atoms with Gasteiger partial charge in [-0.25, -0.2) is 4.79 Å². The van der Waals surface area contributed by atoms with Gasteiger partial charge in [-0.1, -0.05) is 26.2 Å². The van der Waals surface area contributed by atoms with Crippen LogP contribution in [0, 0.1) is 0 Å². The van der Waals surface area contributed by atoms with Crippen molar-refractivity contribution < 1.29 is 14.6 Å². The first kappa shape index (κ1) is 17.2. The number of alkyl carbamates (subject to hydrolysis) is 1. The first-order chi connectivity index (χ1) is 9.76. The molecule has 1 aliphatic heterocycles. The van der Waals surface area contributed by atoms with Gasteiger partial charge in [0.15, 0.2) is 0 Å². The van der Waals surface area contributed by atoms with Crippen molar-refractivity contribution in [2.45, 2.75) is 58.0 Å². The van der Waals surface area contributed by atoms with Crippen molar-refractivity contribution in [3.63, 3.8) is 0 Å². The van der Waals surface area contributed by atoms with E-state index in [-0.39, 0.29) is 12.7 Å². The van der Waals surface area contributed by atoms with Crippen LogP contribution < -0.4 is 5.32 Å². The largest absolute Gasteiger partial charge is 0.444 e. The minimum atomic E-state index is -0.404. The van der Waals surface area contributed by atoms with E-state index >= 15 is 0 Å². The Morgan fingerprint density at radius 1 is 1.30 bits per heavy atom. The molecule has 2 N–H and O–H groups in total. The van der Waals surface area contributed by atoms with Gasteiger partial charge < -0.3 is 20.1 Å². The lowest BCUT2D eigenvalue weighted by molar-refractivity contribution is 0.0510.